The SMILES string of the molecule is COc1ccc([N+](=O)[O-])cc1CP(=O)(Cc1cc([N+](=O)[O-])ccc1OC)Cc1cc([N+](=O)[O-])ccc1OC. The molecule has 0 aliphatic carbocycles. The molecule has 0 unspecified atom stereocenters. The van der Waals surface area contributed by atoms with Crippen molar-refractivity contribution in [2.24, 2.45) is 0 Å². The molecule has 3 aromatic carbocycles. The molecule has 3 aromatic rings. The minimum Gasteiger partial charge on any atom is -0.496 e. The van der Waals surface area contributed by atoms with Crippen LogP contribution in [-0.2, 0) is 23.1 Å². The molecule has 0 heterocycles. The highest BCUT2D eigenvalue weighted by atomic mass is 31.2. The summed E-state index contributed by atoms with van der Waals surface area (Å²) in [6, 6.07) is 11.7. The Morgan fingerprint density at radius 1 is 0.579 bits per heavy atom. The smallest absolute Gasteiger partial charge is 0.269 e. The standard InChI is InChI=1S/C24H24N3O10P/c1-35-22-7-4-19(25(28)29)10-16(22)13-38(34,14-17-11-20(26(30)31)5-8-23(17)36-2)15-18-12-21(27(32)33)6-9-24(18)37-3/h4-12H,13-15H2,1-3H3. The molecule has 0 saturated carbocycles. The van der Waals surface area contributed by atoms with Gasteiger partial charge >= 0.3 is 0 Å². The van der Waals surface area contributed by atoms with Crippen LogP contribution in [0.25, 0.3) is 0 Å². The molecule has 0 radical (unpaired) electrons. The molecule has 13 nitrogen and oxygen atoms in total. The highest BCUT2D eigenvalue weighted by molar-refractivity contribution is 7.61. The number of nitro benzene ring substituents is 3. The summed E-state index contributed by atoms with van der Waals surface area (Å²) in [4.78, 5) is 32.4. The van der Waals surface area contributed by atoms with E-state index in [9.17, 15) is 34.9 Å². The molecular weight excluding hydrogens is 521 g/mol. The lowest BCUT2D eigenvalue weighted by molar-refractivity contribution is -0.385. The second-order valence-corrected chi connectivity index (χ2v) is 11.4. The van der Waals surface area contributed by atoms with Crippen molar-refractivity contribution in [2.45, 2.75) is 18.5 Å². The Balaban J connectivity index is 2.19. The molecule has 0 aliphatic rings. The van der Waals surface area contributed by atoms with E-state index in [1.54, 1.807) is 0 Å². The van der Waals surface area contributed by atoms with E-state index in [1.165, 1.54) is 75.9 Å². The zero-order valence-electron chi connectivity index (χ0n) is 20.7. The average Bonchev–Trinajstić information content (AvgIpc) is 2.88. The molecule has 0 bridgehead atoms. The van der Waals surface area contributed by atoms with Crippen molar-refractivity contribution < 1.29 is 33.5 Å². The van der Waals surface area contributed by atoms with Gasteiger partial charge in [-0.1, -0.05) is 0 Å². The van der Waals surface area contributed by atoms with E-state index in [2.05, 4.69) is 0 Å². The van der Waals surface area contributed by atoms with Crippen molar-refractivity contribution in [1.29, 1.82) is 0 Å². The Labute approximate surface area is 216 Å². The van der Waals surface area contributed by atoms with Gasteiger partial charge in [0, 0.05) is 71.6 Å². The van der Waals surface area contributed by atoms with Crippen LogP contribution in [0.2, 0.25) is 0 Å². The molecule has 0 atom stereocenters. The van der Waals surface area contributed by atoms with Gasteiger partial charge in [-0.05, 0) is 18.2 Å². The molecule has 0 N–H and O–H groups in total. The summed E-state index contributed by atoms with van der Waals surface area (Å²) in [5, 5.41) is 34.2. The lowest BCUT2D eigenvalue weighted by Crippen LogP contribution is -2.04. The van der Waals surface area contributed by atoms with Gasteiger partial charge in [0.05, 0.1) is 36.1 Å². The van der Waals surface area contributed by atoms with Crippen LogP contribution in [-0.4, -0.2) is 36.1 Å². The number of hydrogen-bond donors (Lipinski definition) is 0. The normalized spacial score (nSPS) is 11.0. The Morgan fingerprint density at radius 2 is 0.842 bits per heavy atom. The highest BCUT2D eigenvalue weighted by Gasteiger charge is 2.30. The summed E-state index contributed by atoms with van der Waals surface area (Å²) in [6.07, 6.45) is -0.638. The van der Waals surface area contributed by atoms with Crippen molar-refractivity contribution in [2.75, 3.05) is 21.3 Å². The van der Waals surface area contributed by atoms with Crippen molar-refractivity contribution in [3.05, 3.63) is 102 Å². The van der Waals surface area contributed by atoms with E-state index in [4.69, 9.17) is 14.2 Å². The van der Waals surface area contributed by atoms with Crippen molar-refractivity contribution in [1.82, 2.24) is 0 Å². The van der Waals surface area contributed by atoms with E-state index in [0.717, 1.165) is 0 Å². The minimum absolute atomic E-state index is 0.213. The van der Waals surface area contributed by atoms with Gasteiger partial charge in [-0.25, -0.2) is 0 Å². The lowest BCUT2D eigenvalue weighted by atomic mass is 10.2. The number of nitro groups is 3. The summed E-state index contributed by atoms with van der Waals surface area (Å²) in [7, 11) is 0.528. The molecule has 200 valence electrons. The van der Waals surface area contributed by atoms with Crippen LogP contribution in [0.15, 0.2) is 54.6 Å². The molecular formula is C24H24N3O10P. The maximum atomic E-state index is 14.7. The van der Waals surface area contributed by atoms with E-state index < -0.39 is 21.9 Å². The number of nitrogens with zero attached hydrogens (tertiary/aromatic N) is 3. The fraction of sp³-hybridized carbons (Fsp3) is 0.250. The fourth-order valence-corrected chi connectivity index (χ4v) is 7.04. The monoisotopic (exact) mass is 545 g/mol. The summed E-state index contributed by atoms with van der Waals surface area (Å²) < 4.78 is 30.7. The summed E-state index contributed by atoms with van der Waals surface area (Å²) in [5.41, 5.74) is 0.103. The number of hydrogen-bond acceptors (Lipinski definition) is 10. The third-order valence-corrected chi connectivity index (χ3v) is 8.55. The third kappa shape index (κ3) is 6.43. The van der Waals surface area contributed by atoms with E-state index in [-0.39, 0.29) is 69.5 Å². The Hall–Kier alpha value is -4.51. The van der Waals surface area contributed by atoms with Crippen LogP contribution in [0.1, 0.15) is 16.7 Å². The maximum absolute atomic E-state index is 14.7. The van der Waals surface area contributed by atoms with E-state index in [1.807, 2.05) is 0 Å². The van der Waals surface area contributed by atoms with Crippen molar-refractivity contribution in [3.63, 3.8) is 0 Å². The number of non-ortho nitro benzene ring substituents is 3. The number of methoxy groups -OCH3 is 3. The second-order valence-electron chi connectivity index (χ2n) is 8.29. The van der Waals surface area contributed by atoms with Gasteiger partial charge in [-0.15, -0.1) is 0 Å². The van der Waals surface area contributed by atoms with Gasteiger partial charge in [0.1, 0.15) is 24.4 Å². The Morgan fingerprint density at radius 3 is 1.05 bits per heavy atom. The quantitative estimate of drug-likeness (QED) is 0.156. The summed E-state index contributed by atoms with van der Waals surface area (Å²) in [5.74, 6) is 0.772. The van der Waals surface area contributed by atoms with E-state index in [0.29, 0.717) is 0 Å². The molecule has 0 spiro atoms. The first-order valence-corrected chi connectivity index (χ1v) is 13.3. The molecule has 0 saturated heterocycles. The third-order valence-electron chi connectivity index (χ3n) is 5.80. The van der Waals surface area contributed by atoms with Gasteiger partial charge in [0.15, 0.2) is 0 Å². The summed E-state index contributed by atoms with van der Waals surface area (Å²) in [6.45, 7) is 0. The van der Waals surface area contributed by atoms with Gasteiger partial charge in [-0.3, -0.25) is 30.3 Å². The molecule has 3 rings (SSSR count). The molecule has 38 heavy (non-hydrogen) atoms. The first kappa shape index (κ1) is 28.1. The molecule has 0 fully saturated rings. The average molecular weight is 545 g/mol. The maximum Gasteiger partial charge on any atom is 0.269 e. The fourth-order valence-electron chi connectivity index (χ4n) is 4.11. The van der Waals surface area contributed by atoms with Gasteiger partial charge < -0.3 is 18.8 Å². The van der Waals surface area contributed by atoms with Gasteiger partial charge in [0.25, 0.3) is 17.1 Å². The highest BCUT2D eigenvalue weighted by Crippen LogP contribution is 2.58. The van der Waals surface area contributed by atoms with Crippen LogP contribution < -0.4 is 14.2 Å². The van der Waals surface area contributed by atoms with Crippen LogP contribution in [0.4, 0.5) is 17.1 Å². The topological polar surface area (TPSA) is 174 Å². The number of ether oxygens (including phenoxy) is 3. The van der Waals surface area contributed by atoms with Crippen molar-refractivity contribution in [3.8, 4) is 17.2 Å². The second kappa shape index (κ2) is 11.7. The lowest BCUT2D eigenvalue weighted by Gasteiger charge is -2.22. The molecule has 0 aromatic heterocycles. The zero-order chi connectivity index (χ0) is 28.0. The van der Waals surface area contributed by atoms with Crippen LogP contribution >= 0.6 is 7.14 Å². The van der Waals surface area contributed by atoms with Crippen LogP contribution in [0.5, 0.6) is 17.2 Å². The Bertz CT molecular complexity index is 1270. The molecule has 0 aliphatic heterocycles. The molecule has 0 amide bonds. The minimum atomic E-state index is -3.56. The zero-order valence-corrected chi connectivity index (χ0v) is 21.6. The van der Waals surface area contributed by atoms with Gasteiger partial charge in [-0.2, -0.15) is 0 Å². The predicted octanol–water partition coefficient (Wildman–Crippen LogP) is 5.70. The van der Waals surface area contributed by atoms with Crippen LogP contribution in [0, 0.1) is 30.3 Å². The summed E-state index contributed by atoms with van der Waals surface area (Å²) >= 11 is 0. The van der Waals surface area contributed by atoms with E-state index >= 15 is 0 Å². The number of rotatable bonds is 12. The number of benzene rings is 3. The van der Waals surface area contributed by atoms with Crippen molar-refractivity contribution >= 4 is 24.2 Å². The largest absolute Gasteiger partial charge is 0.496 e. The first-order valence-electron chi connectivity index (χ1n) is 11.0. The Kier molecular flexibility index (Phi) is 8.64. The van der Waals surface area contributed by atoms with Crippen LogP contribution in [0.3, 0.4) is 0 Å². The molecule has 14 heteroatoms. The first-order chi connectivity index (χ1) is 18.0. The van der Waals surface area contributed by atoms with Gasteiger partial charge in [0.2, 0.25) is 0 Å². The predicted molar refractivity (Wildman–Crippen MR) is 138 cm³/mol.